The molecular formula is C24H29N. The lowest BCUT2D eigenvalue weighted by atomic mass is 9.86. The molecule has 1 atom stereocenters. The summed E-state index contributed by atoms with van der Waals surface area (Å²) in [6.07, 6.45) is 8.78. The van der Waals surface area contributed by atoms with Crippen LogP contribution in [0.2, 0.25) is 0 Å². The fourth-order valence-corrected chi connectivity index (χ4v) is 4.63. The summed E-state index contributed by atoms with van der Waals surface area (Å²) in [5.74, 6) is 0. The minimum Gasteiger partial charge on any atom is -0.306 e. The zero-order chi connectivity index (χ0) is 17.2. The van der Waals surface area contributed by atoms with E-state index in [1.165, 1.54) is 54.4 Å². The van der Waals surface area contributed by atoms with Gasteiger partial charge in [0.15, 0.2) is 0 Å². The highest BCUT2D eigenvalue weighted by Gasteiger charge is 2.24. The molecule has 0 saturated heterocycles. The maximum absolute atomic E-state index is 2.43. The Bertz CT molecular complexity index is 735. The Morgan fingerprint density at radius 2 is 1.36 bits per heavy atom. The van der Waals surface area contributed by atoms with Gasteiger partial charge in [0.2, 0.25) is 0 Å². The van der Waals surface area contributed by atoms with Gasteiger partial charge in [-0.05, 0) is 80.4 Å². The number of fused-ring (bicyclic) bond motifs is 2. The standard InChI is InChI=1S/C24H29N/c1-25(2)21-12-6-3-11-20(17-21)24-22-13-7-4-9-18(22)15-16-19-10-5-8-14-23(19)24/h4-5,7-10,13-14,21H,3,6,11-12,15-17H2,1-2H3. The van der Waals surface area contributed by atoms with Gasteiger partial charge in [-0.1, -0.05) is 60.5 Å². The second-order valence-corrected chi connectivity index (χ2v) is 7.86. The van der Waals surface area contributed by atoms with Crippen molar-refractivity contribution in [3.8, 4) is 0 Å². The van der Waals surface area contributed by atoms with Crippen LogP contribution in [0.3, 0.4) is 0 Å². The molecule has 25 heavy (non-hydrogen) atoms. The zero-order valence-electron chi connectivity index (χ0n) is 15.6. The minimum atomic E-state index is 0.674. The summed E-state index contributed by atoms with van der Waals surface area (Å²) in [4.78, 5) is 2.43. The summed E-state index contributed by atoms with van der Waals surface area (Å²) in [5.41, 5.74) is 9.25. The van der Waals surface area contributed by atoms with Crippen molar-refractivity contribution in [3.63, 3.8) is 0 Å². The second kappa shape index (κ2) is 7.17. The van der Waals surface area contributed by atoms with Gasteiger partial charge in [0.25, 0.3) is 0 Å². The van der Waals surface area contributed by atoms with E-state index in [1.807, 2.05) is 0 Å². The largest absolute Gasteiger partial charge is 0.306 e. The van der Waals surface area contributed by atoms with Crippen LogP contribution in [0.15, 0.2) is 54.1 Å². The zero-order valence-corrected chi connectivity index (χ0v) is 15.6. The smallest absolute Gasteiger partial charge is 0.0127 e. The molecule has 2 aliphatic carbocycles. The van der Waals surface area contributed by atoms with E-state index in [1.54, 1.807) is 11.1 Å². The first-order valence-electron chi connectivity index (χ1n) is 9.79. The van der Waals surface area contributed by atoms with Crippen molar-refractivity contribution < 1.29 is 0 Å². The minimum absolute atomic E-state index is 0.674. The fraction of sp³-hybridized carbons (Fsp3) is 0.417. The Labute approximate surface area is 152 Å². The highest BCUT2D eigenvalue weighted by atomic mass is 15.1. The molecule has 0 bridgehead atoms. The Hall–Kier alpha value is -1.86. The van der Waals surface area contributed by atoms with Crippen LogP contribution in [0, 0.1) is 0 Å². The third-order valence-corrected chi connectivity index (χ3v) is 6.07. The molecule has 2 aliphatic rings. The quantitative estimate of drug-likeness (QED) is 0.625. The highest BCUT2D eigenvalue weighted by Crippen LogP contribution is 2.40. The van der Waals surface area contributed by atoms with E-state index in [-0.39, 0.29) is 0 Å². The van der Waals surface area contributed by atoms with E-state index in [2.05, 4.69) is 67.5 Å². The lowest BCUT2D eigenvalue weighted by molar-refractivity contribution is 0.278. The predicted molar refractivity (Wildman–Crippen MR) is 107 cm³/mol. The van der Waals surface area contributed by atoms with Crippen molar-refractivity contribution in [3.05, 3.63) is 76.4 Å². The van der Waals surface area contributed by atoms with Crippen LogP contribution >= 0.6 is 0 Å². The van der Waals surface area contributed by atoms with Crippen LogP contribution in [-0.2, 0) is 12.8 Å². The first-order valence-corrected chi connectivity index (χ1v) is 9.79. The lowest BCUT2D eigenvalue weighted by Gasteiger charge is -2.25. The SMILES string of the molecule is CN(C)C1CCCCC(=C2c3ccccc3CCc3ccccc32)C1. The van der Waals surface area contributed by atoms with Crippen LogP contribution in [0.1, 0.15) is 54.4 Å². The molecule has 1 fully saturated rings. The summed E-state index contributed by atoms with van der Waals surface area (Å²) < 4.78 is 0. The number of aryl methyl sites for hydroxylation is 2. The fourth-order valence-electron chi connectivity index (χ4n) is 4.63. The Morgan fingerprint density at radius 3 is 1.96 bits per heavy atom. The van der Waals surface area contributed by atoms with Gasteiger partial charge >= 0.3 is 0 Å². The van der Waals surface area contributed by atoms with Crippen molar-refractivity contribution in [2.75, 3.05) is 14.1 Å². The summed E-state index contributed by atoms with van der Waals surface area (Å²) in [6, 6.07) is 18.9. The molecule has 0 spiro atoms. The summed E-state index contributed by atoms with van der Waals surface area (Å²) in [7, 11) is 4.49. The highest BCUT2D eigenvalue weighted by molar-refractivity contribution is 5.86. The third-order valence-electron chi connectivity index (χ3n) is 6.07. The monoisotopic (exact) mass is 331 g/mol. The van der Waals surface area contributed by atoms with E-state index in [9.17, 15) is 0 Å². The van der Waals surface area contributed by atoms with Crippen molar-refractivity contribution in [2.45, 2.75) is 51.0 Å². The van der Waals surface area contributed by atoms with Crippen LogP contribution in [0.25, 0.3) is 5.57 Å². The first kappa shape index (κ1) is 16.6. The van der Waals surface area contributed by atoms with Crippen LogP contribution in [-0.4, -0.2) is 25.0 Å². The average molecular weight is 332 g/mol. The van der Waals surface area contributed by atoms with Crippen LogP contribution < -0.4 is 0 Å². The van der Waals surface area contributed by atoms with Crippen LogP contribution in [0.5, 0.6) is 0 Å². The molecule has 0 heterocycles. The summed E-state index contributed by atoms with van der Waals surface area (Å²) >= 11 is 0. The predicted octanol–water partition coefficient (Wildman–Crippen LogP) is 5.48. The van der Waals surface area contributed by atoms with Crippen molar-refractivity contribution in [1.29, 1.82) is 0 Å². The molecule has 0 aliphatic heterocycles. The number of hydrogen-bond donors (Lipinski definition) is 0. The Morgan fingerprint density at radius 1 is 0.760 bits per heavy atom. The molecule has 0 N–H and O–H groups in total. The maximum Gasteiger partial charge on any atom is 0.0127 e. The second-order valence-electron chi connectivity index (χ2n) is 7.86. The molecule has 1 saturated carbocycles. The first-order chi connectivity index (χ1) is 12.2. The van der Waals surface area contributed by atoms with Gasteiger partial charge in [-0.3, -0.25) is 0 Å². The van der Waals surface area contributed by atoms with Gasteiger partial charge in [-0.15, -0.1) is 0 Å². The van der Waals surface area contributed by atoms with E-state index in [4.69, 9.17) is 0 Å². The molecule has 0 amide bonds. The lowest BCUT2D eigenvalue weighted by Crippen LogP contribution is -2.27. The summed E-state index contributed by atoms with van der Waals surface area (Å²) in [6.45, 7) is 0. The number of benzene rings is 2. The number of hydrogen-bond acceptors (Lipinski definition) is 1. The number of rotatable bonds is 1. The van der Waals surface area contributed by atoms with Crippen LogP contribution in [0.4, 0.5) is 0 Å². The Kier molecular flexibility index (Phi) is 4.76. The molecule has 130 valence electrons. The van der Waals surface area contributed by atoms with Gasteiger partial charge < -0.3 is 4.90 Å². The van der Waals surface area contributed by atoms with E-state index in [0.29, 0.717) is 6.04 Å². The summed E-state index contributed by atoms with van der Waals surface area (Å²) in [5, 5.41) is 0. The molecule has 1 heteroatoms. The Balaban J connectivity index is 1.92. The average Bonchev–Trinajstić information content (AvgIpc) is 2.96. The molecule has 2 aromatic carbocycles. The van der Waals surface area contributed by atoms with E-state index in [0.717, 1.165) is 12.8 Å². The van der Waals surface area contributed by atoms with Gasteiger partial charge in [-0.25, -0.2) is 0 Å². The van der Waals surface area contributed by atoms with Crippen molar-refractivity contribution in [2.24, 2.45) is 0 Å². The van der Waals surface area contributed by atoms with E-state index < -0.39 is 0 Å². The molecular weight excluding hydrogens is 302 g/mol. The third kappa shape index (κ3) is 3.30. The maximum atomic E-state index is 2.43. The van der Waals surface area contributed by atoms with Gasteiger partial charge in [0, 0.05) is 6.04 Å². The van der Waals surface area contributed by atoms with Gasteiger partial charge in [-0.2, -0.15) is 0 Å². The van der Waals surface area contributed by atoms with Gasteiger partial charge in [0.05, 0.1) is 0 Å². The molecule has 0 radical (unpaired) electrons. The molecule has 1 unspecified atom stereocenters. The topological polar surface area (TPSA) is 3.24 Å². The molecule has 2 aromatic rings. The normalized spacial score (nSPS) is 20.7. The van der Waals surface area contributed by atoms with Crippen molar-refractivity contribution >= 4 is 5.57 Å². The molecule has 0 aromatic heterocycles. The molecule has 1 nitrogen and oxygen atoms in total. The van der Waals surface area contributed by atoms with E-state index >= 15 is 0 Å². The molecule has 4 rings (SSSR count). The number of nitrogens with zero attached hydrogens (tertiary/aromatic N) is 1. The van der Waals surface area contributed by atoms with Gasteiger partial charge in [0.1, 0.15) is 0 Å². The van der Waals surface area contributed by atoms with Crippen molar-refractivity contribution in [1.82, 2.24) is 4.90 Å².